The summed E-state index contributed by atoms with van der Waals surface area (Å²) < 4.78 is 5.39. The van der Waals surface area contributed by atoms with Crippen LogP contribution >= 0.6 is 67.8 Å². The third-order valence-electron chi connectivity index (χ3n) is 3.41. The van der Waals surface area contributed by atoms with Crippen molar-refractivity contribution >= 4 is 103 Å². The number of nitrogens with one attached hydrogen (secondary N) is 2. The zero-order valence-electron chi connectivity index (χ0n) is 15.3. The summed E-state index contributed by atoms with van der Waals surface area (Å²) in [6.07, 6.45) is -1.14. The number of amides is 2. The Morgan fingerprint density at radius 1 is 1.00 bits per heavy atom. The molecule has 0 fully saturated rings. The van der Waals surface area contributed by atoms with Crippen LogP contribution in [0.2, 0.25) is 0 Å². The molecule has 0 aliphatic carbocycles. The third kappa shape index (κ3) is 6.34. The van der Waals surface area contributed by atoms with Gasteiger partial charge in [-0.3, -0.25) is 19.2 Å². The van der Waals surface area contributed by atoms with Crippen LogP contribution in [0, 0.1) is 10.7 Å². The van der Waals surface area contributed by atoms with E-state index in [1.165, 1.54) is 13.8 Å². The van der Waals surface area contributed by atoms with E-state index < -0.39 is 35.6 Å². The monoisotopic (exact) mass is 740 g/mol. The fourth-order valence-electron chi connectivity index (χ4n) is 1.98. The lowest BCUT2D eigenvalue weighted by Gasteiger charge is -2.19. The maximum atomic E-state index is 12.7. The van der Waals surface area contributed by atoms with Gasteiger partial charge in [0.2, 0.25) is 0 Å². The number of hydrogen-bond acceptors (Lipinski definition) is 6. The van der Waals surface area contributed by atoms with Crippen molar-refractivity contribution in [3.63, 3.8) is 0 Å². The number of ether oxygens (including phenoxy) is 1. The van der Waals surface area contributed by atoms with Gasteiger partial charge in [-0.15, -0.1) is 0 Å². The number of halogens is 3. The Balaban J connectivity index is 3.56. The van der Waals surface area contributed by atoms with E-state index in [0.29, 0.717) is 0 Å². The van der Waals surface area contributed by atoms with Gasteiger partial charge in [0, 0.05) is 17.4 Å². The summed E-state index contributed by atoms with van der Waals surface area (Å²) in [4.78, 5) is 59.3. The Kier molecular flexibility index (Phi) is 9.45. The Hall–Kier alpha value is -1.30. The number of carbonyl (C=O) groups is 5. The lowest BCUT2D eigenvalue weighted by molar-refractivity contribution is -0.150. The summed E-state index contributed by atoms with van der Waals surface area (Å²) in [5, 5.41) is 14.4. The fraction of sp³-hybridized carbons (Fsp3) is 0.235. The molecule has 0 radical (unpaired) electrons. The van der Waals surface area contributed by atoms with Crippen molar-refractivity contribution < 1.29 is 33.8 Å². The lowest BCUT2D eigenvalue weighted by atomic mass is 10.1. The molecule has 9 nitrogen and oxygen atoms in total. The average molecular weight is 740 g/mol. The summed E-state index contributed by atoms with van der Waals surface area (Å²) in [7, 11) is 0. The molecule has 1 rings (SSSR count). The summed E-state index contributed by atoms with van der Waals surface area (Å²) in [5.41, 5.74) is -0.319. The largest absolute Gasteiger partial charge is 0.478 e. The third-order valence-corrected chi connectivity index (χ3v) is 6.64. The molecule has 0 bridgehead atoms. The van der Waals surface area contributed by atoms with Crippen LogP contribution in [0.1, 0.15) is 41.5 Å². The van der Waals surface area contributed by atoms with Crippen LogP contribution in [-0.4, -0.2) is 40.7 Å². The molecule has 1 aromatic rings. The van der Waals surface area contributed by atoms with E-state index in [0.717, 1.165) is 6.92 Å². The van der Waals surface area contributed by atoms with Gasteiger partial charge in [-0.2, -0.15) is 0 Å². The minimum atomic E-state index is -1.31. The number of esters is 1. The second-order valence-electron chi connectivity index (χ2n) is 5.60. The van der Waals surface area contributed by atoms with Crippen molar-refractivity contribution in [1.82, 2.24) is 5.32 Å². The number of carboxylic acid groups (broad SMARTS) is 1. The van der Waals surface area contributed by atoms with Gasteiger partial charge < -0.3 is 20.5 Å². The van der Waals surface area contributed by atoms with Gasteiger partial charge in [-0.05, 0) is 74.7 Å². The minimum absolute atomic E-state index is 0.0399. The standard InChI is InChI=1S/C17H15I3N2O7/c1-5(6(2)23)21-16(26)9-11(18)10(17(27)28)13(20)14(12(9)19)22-15(25)7(3)29-8(4)24/h7H,1H2,2-4H3,(H,21,26)(H,22,25)(H,27,28). The summed E-state index contributed by atoms with van der Waals surface area (Å²) in [6.45, 7) is 7.17. The molecular formula is C17H15I3N2O7. The average Bonchev–Trinajstić information content (AvgIpc) is 2.57. The molecule has 2 amide bonds. The zero-order chi connectivity index (χ0) is 22.6. The van der Waals surface area contributed by atoms with Gasteiger partial charge in [0.25, 0.3) is 11.8 Å². The first-order chi connectivity index (χ1) is 13.3. The first-order valence-corrected chi connectivity index (χ1v) is 11.0. The van der Waals surface area contributed by atoms with Gasteiger partial charge in [0.15, 0.2) is 11.9 Å². The number of ketones is 1. The van der Waals surface area contributed by atoms with Crippen LogP contribution in [-0.2, 0) is 19.1 Å². The molecule has 0 spiro atoms. The number of allylic oxidation sites excluding steroid dienone is 1. The van der Waals surface area contributed by atoms with Gasteiger partial charge in [-0.1, -0.05) is 6.58 Å². The van der Waals surface area contributed by atoms with E-state index >= 15 is 0 Å². The first-order valence-electron chi connectivity index (χ1n) is 7.72. The Labute approximate surface area is 206 Å². The number of aromatic carboxylic acids is 1. The minimum Gasteiger partial charge on any atom is -0.478 e. The molecule has 1 unspecified atom stereocenters. The van der Waals surface area contributed by atoms with Crippen LogP contribution in [0.25, 0.3) is 0 Å². The van der Waals surface area contributed by atoms with E-state index in [9.17, 15) is 29.1 Å². The number of carboxylic acids is 1. The second-order valence-corrected chi connectivity index (χ2v) is 8.84. The SMILES string of the molecule is C=C(NC(=O)c1c(I)c(NC(=O)C(C)OC(C)=O)c(I)c(C(=O)O)c1I)C(C)=O. The van der Waals surface area contributed by atoms with E-state index in [-0.39, 0.29) is 33.2 Å². The maximum absolute atomic E-state index is 12.7. The topological polar surface area (TPSA) is 139 Å². The second kappa shape index (κ2) is 10.6. The predicted molar refractivity (Wildman–Crippen MR) is 129 cm³/mol. The highest BCUT2D eigenvalue weighted by Gasteiger charge is 2.29. The van der Waals surface area contributed by atoms with Crippen LogP contribution in [0.3, 0.4) is 0 Å². The van der Waals surface area contributed by atoms with Crippen LogP contribution in [0.5, 0.6) is 0 Å². The van der Waals surface area contributed by atoms with Crippen molar-refractivity contribution in [2.75, 3.05) is 5.32 Å². The van der Waals surface area contributed by atoms with Crippen molar-refractivity contribution in [2.24, 2.45) is 0 Å². The fourth-order valence-corrected chi connectivity index (χ4v) is 6.36. The number of rotatable bonds is 7. The highest BCUT2D eigenvalue weighted by atomic mass is 127. The smallest absolute Gasteiger partial charge is 0.337 e. The zero-order valence-corrected chi connectivity index (χ0v) is 21.8. The Morgan fingerprint density at radius 2 is 1.52 bits per heavy atom. The molecule has 0 saturated carbocycles. The van der Waals surface area contributed by atoms with Gasteiger partial charge in [-0.25, -0.2) is 4.79 Å². The van der Waals surface area contributed by atoms with E-state index in [2.05, 4.69) is 17.2 Å². The van der Waals surface area contributed by atoms with E-state index in [1.807, 2.05) is 0 Å². The Bertz CT molecular complexity index is 944. The van der Waals surface area contributed by atoms with Gasteiger partial charge >= 0.3 is 11.9 Å². The highest BCUT2D eigenvalue weighted by molar-refractivity contribution is 14.1. The van der Waals surface area contributed by atoms with Crippen LogP contribution in [0.15, 0.2) is 12.3 Å². The molecule has 29 heavy (non-hydrogen) atoms. The van der Waals surface area contributed by atoms with E-state index in [1.54, 1.807) is 67.8 Å². The molecule has 0 aromatic heterocycles. The number of hydrogen-bond donors (Lipinski definition) is 3. The van der Waals surface area contributed by atoms with E-state index in [4.69, 9.17) is 4.74 Å². The summed E-state index contributed by atoms with van der Waals surface area (Å²) in [6, 6.07) is 0. The normalized spacial score (nSPS) is 11.2. The van der Waals surface area contributed by atoms with Crippen molar-refractivity contribution in [3.8, 4) is 0 Å². The molecule has 156 valence electrons. The molecule has 12 heteroatoms. The molecule has 0 heterocycles. The van der Waals surface area contributed by atoms with Crippen LogP contribution < -0.4 is 10.6 Å². The molecule has 3 N–H and O–H groups in total. The van der Waals surface area contributed by atoms with Crippen LogP contribution in [0.4, 0.5) is 5.69 Å². The molecule has 0 saturated heterocycles. The molecule has 0 aliphatic rings. The molecule has 1 atom stereocenters. The lowest BCUT2D eigenvalue weighted by Crippen LogP contribution is -2.32. The molecule has 1 aromatic carbocycles. The molecular weight excluding hydrogens is 725 g/mol. The van der Waals surface area contributed by atoms with Gasteiger partial charge in [0.1, 0.15) is 0 Å². The predicted octanol–water partition coefficient (Wildman–Crippen LogP) is 2.92. The number of benzene rings is 1. The molecule has 0 aliphatic heterocycles. The summed E-state index contributed by atoms with van der Waals surface area (Å²) in [5.74, 6) is -3.88. The quantitative estimate of drug-likeness (QED) is 0.222. The first kappa shape index (κ1) is 25.7. The summed E-state index contributed by atoms with van der Waals surface area (Å²) >= 11 is 5.26. The number of anilines is 1. The van der Waals surface area contributed by atoms with Crippen molar-refractivity contribution in [1.29, 1.82) is 0 Å². The highest BCUT2D eigenvalue weighted by Crippen LogP contribution is 2.36. The number of Topliss-reactive ketones (excluding diaryl/α,β-unsaturated/α-hetero) is 1. The maximum Gasteiger partial charge on any atom is 0.337 e. The van der Waals surface area contributed by atoms with Crippen molar-refractivity contribution in [2.45, 2.75) is 26.9 Å². The van der Waals surface area contributed by atoms with Crippen molar-refractivity contribution in [3.05, 3.63) is 34.1 Å². The Morgan fingerprint density at radius 3 is 1.97 bits per heavy atom. The number of carbonyl (C=O) groups excluding carboxylic acids is 4. The van der Waals surface area contributed by atoms with Gasteiger partial charge in [0.05, 0.1) is 29.7 Å².